The van der Waals surface area contributed by atoms with Crippen molar-refractivity contribution in [2.24, 2.45) is 9.98 Å². The molecule has 2 atom stereocenters. The van der Waals surface area contributed by atoms with E-state index in [1.54, 1.807) is 0 Å². The van der Waals surface area contributed by atoms with Crippen molar-refractivity contribution < 1.29 is 4.74 Å². The summed E-state index contributed by atoms with van der Waals surface area (Å²) in [5, 5.41) is 6.15. The van der Waals surface area contributed by atoms with Crippen molar-refractivity contribution in [3.8, 4) is 16.9 Å². The summed E-state index contributed by atoms with van der Waals surface area (Å²) in [5.41, 5.74) is 10.2. The first-order valence-electron chi connectivity index (χ1n) is 17.1. The molecule has 6 aromatic carbocycles. The van der Waals surface area contributed by atoms with Gasteiger partial charge in [-0.15, -0.1) is 0 Å². The van der Waals surface area contributed by atoms with Gasteiger partial charge in [0.15, 0.2) is 5.84 Å². The standard InChI is InChI=1S/C45H32N4O/c1-4-13-29(14-5-1)32-23-25-35-34-19-10-11-21-38(34)49(39(35)27-32)33-24-26-36-41(28-33)50-40-22-12-20-37(42(36)40)45-47-43(30-15-6-2-7-16-30)46-44(48-45)31-17-8-3-9-18-31/h1-25,27-28,36,45H,26H2,(H,46,47,48). The molecule has 1 aliphatic carbocycles. The van der Waals surface area contributed by atoms with Crippen LogP contribution in [-0.2, 0) is 0 Å². The number of fused-ring (bicyclic) bond motifs is 6. The maximum atomic E-state index is 6.71. The minimum atomic E-state index is -0.324. The maximum absolute atomic E-state index is 6.71. The highest BCUT2D eigenvalue weighted by molar-refractivity contribution is 6.13. The molecule has 2 unspecified atom stereocenters. The van der Waals surface area contributed by atoms with Crippen LogP contribution >= 0.6 is 0 Å². The first kappa shape index (κ1) is 28.5. The van der Waals surface area contributed by atoms with E-state index in [1.165, 1.54) is 38.5 Å². The van der Waals surface area contributed by atoms with Crippen molar-refractivity contribution in [2.75, 3.05) is 0 Å². The van der Waals surface area contributed by atoms with E-state index >= 15 is 0 Å². The van der Waals surface area contributed by atoms with Crippen LogP contribution in [0.5, 0.6) is 5.75 Å². The molecule has 5 nitrogen and oxygen atoms in total. The van der Waals surface area contributed by atoms with Crippen LogP contribution in [0.4, 0.5) is 0 Å². The van der Waals surface area contributed by atoms with Crippen LogP contribution in [0.3, 0.4) is 0 Å². The summed E-state index contributed by atoms with van der Waals surface area (Å²) in [6, 6.07) is 52.9. The molecule has 0 radical (unpaired) electrons. The molecule has 0 spiro atoms. The van der Waals surface area contributed by atoms with Gasteiger partial charge < -0.3 is 14.6 Å². The SMILES string of the molecule is C1=C2Oc3cccc(C4N=C(c5ccccc5)N=C(c5ccccc5)N4)c3C2CC=C1n1c2ccccc2c2ccc(-c3ccccc3)cc21. The fourth-order valence-electron chi connectivity index (χ4n) is 7.69. The van der Waals surface area contributed by atoms with Gasteiger partial charge in [-0.05, 0) is 35.7 Å². The monoisotopic (exact) mass is 644 g/mol. The summed E-state index contributed by atoms with van der Waals surface area (Å²) in [7, 11) is 0. The predicted octanol–water partition coefficient (Wildman–Crippen LogP) is 10.3. The van der Waals surface area contributed by atoms with Gasteiger partial charge in [0.2, 0.25) is 0 Å². The summed E-state index contributed by atoms with van der Waals surface area (Å²) < 4.78 is 9.11. The van der Waals surface area contributed by atoms with E-state index in [9.17, 15) is 0 Å². The smallest absolute Gasteiger partial charge is 0.159 e. The largest absolute Gasteiger partial charge is 0.461 e. The molecule has 1 aromatic heterocycles. The van der Waals surface area contributed by atoms with E-state index in [1.807, 2.05) is 36.4 Å². The third-order valence-electron chi connectivity index (χ3n) is 10.0. The zero-order valence-corrected chi connectivity index (χ0v) is 27.2. The summed E-state index contributed by atoms with van der Waals surface area (Å²) in [4.78, 5) is 10.2. The molecule has 0 saturated heterocycles. The molecule has 50 heavy (non-hydrogen) atoms. The Labute approximate surface area is 290 Å². The Morgan fingerprint density at radius 3 is 2.12 bits per heavy atom. The first-order chi connectivity index (χ1) is 24.8. The van der Waals surface area contributed by atoms with Crippen LogP contribution in [0.2, 0.25) is 0 Å². The number of nitrogens with zero attached hydrogens (tertiary/aromatic N) is 3. The van der Waals surface area contributed by atoms with Crippen molar-refractivity contribution in [1.82, 2.24) is 9.88 Å². The quantitative estimate of drug-likeness (QED) is 0.203. The van der Waals surface area contributed by atoms with Crippen molar-refractivity contribution in [1.29, 1.82) is 0 Å². The van der Waals surface area contributed by atoms with Gasteiger partial charge in [0.25, 0.3) is 0 Å². The lowest BCUT2D eigenvalue weighted by atomic mass is 9.87. The van der Waals surface area contributed by atoms with Gasteiger partial charge in [-0.3, -0.25) is 0 Å². The van der Waals surface area contributed by atoms with Crippen LogP contribution in [0.15, 0.2) is 180 Å². The van der Waals surface area contributed by atoms with Crippen molar-refractivity contribution in [3.05, 3.63) is 192 Å². The van der Waals surface area contributed by atoms with Crippen LogP contribution in [0.25, 0.3) is 38.6 Å². The topological polar surface area (TPSA) is 50.9 Å². The molecule has 0 amide bonds. The molecular formula is C45H32N4O. The van der Waals surface area contributed by atoms with Gasteiger partial charge in [-0.25, -0.2) is 9.98 Å². The molecule has 7 aromatic rings. The Morgan fingerprint density at radius 1 is 0.620 bits per heavy atom. The van der Waals surface area contributed by atoms with Gasteiger partial charge in [-0.2, -0.15) is 0 Å². The second-order valence-corrected chi connectivity index (χ2v) is 13.0. The summed E-state index contributed by atoms with van der Waals surface area (Å²) in [6.07, 6.45) is 5.10. The minimum Gasteiger partial charge on any atom is -0.461 e. The number of benzene rings is 6. The average molecular weight is 645 g/mol. The van der Waals surface area contributed by atoms with E-state index in [0.29, 0.717) is 5.84 Å². The van der Waals surface area contributed by atoms with E-state index in [2.05, 4.69) is 137 Å². The molecule has 3 aliphatic rings. The van der Waals surface area contributed by atoms with E-state index in [0.717, 1.165) is 46.2 Å². The second-order valence-electron chi connectivity index (χ2n) is 13.0. The molecule has 0 fully saturated rings. The zero-order chi connectivity index (χ0) is 33.0. The molecule has 0 bridgehead atoms. The van der Waals surface area contributed by atoms with E-state index in [4.69, 9.17) is 14.7 Å². The zero-order valence-electron chi connectivity index (χ0n) is 27.2. The number of rotatable bonds is 5. The Bertz CT molecular complexity index is 2560. The number of aliphatic imine (C=N–C) groups is 2. The summed E-state index contributed by atoms with van der Waals surface area (Å²) in [5.74, 6) is 3.48. The summed E-state index contributed by atoms with van der Waals surface area (Å²) >= 11 is 0. The predicted molar refractivity (Wildman–Crippen MR) is 203 cm³/mol. The number of nitrogens with one attached hydrogen (secondary N) is 1. The Hall–Kier alpha value is -6.46. The van der Waals surface area contributed by atoms with E-state index < -0.39 is 0 Å². The van der Waals surface area contributed by atoms with Crippen molar-refractivity contribution in [3.63, 3.8) is 0 Å². The number of hydrogen-bond donors (Lipinski definition) is 1. The summed E-state index contributed by atoms with van der Waals surface area (Å²) in [6.45, 7) is 0. The fraction of sp³-hybridized carbons (Fsp3) is 0.0667. The molecule has 5 heteroatoms. The average Bonchev–Trinajstić information content (AvgIpc) is 3.73. The molecule has 1 N–H and O–H groups in total. The Kier molecular flexibility index (Phi) is 6.62. The van der Waals surface area contributed by atoms with Gasteiger partial charge in [0.1, 0.15) is 23.5 Å². The third kappa shape index (κ3) is 4.70. The second kappa shape index (κ2) is 11.6. The molecular weight excluding hydrogens is 613 g/mol. The Morgan fingerprint density at radius 2 is 1.32 bits per heavy atom. The van der Waals surface area contributed by atoms with Crippen LogP contribution < -0.4 is 10.1 Å². The number of para-hydroxylation sites is 1. The first-order valence-corrected chi connectivity index (χ1v) is 17.1. The highest BCUT2D eigenvalue weighted by atomic mass is 16.5. The number of hydrogen-bond acceptors (Lipinski definition) is 4. The van der Waals surface area contributed by atoms with Gasteiger partial charge in [0, 0.05) is 50.7 Å². The molecule has 238 valence electrons. The van der Waals surface area contributed by atoms with Gasteiger partial charge in [-0.1, -0.05) is 140 Å². The van der Waals surface area contributed by atoms with Gasteiger partial charge >= 0.3 is 0 Å². The van der Waals surface area contributed by atoms with Crippen molar-refractivity contribution >= 4 is 39.2 Å². The molecule has 0 saturated carbocycles. The molecule has 2 aliphatic heterocycles. The highest BCUT2D eigenvalue weighted by Gasteiger charge is 2.36. The van der Waals surface area contributed by atoms with Crippen LogP contribution in [0, 0.1) is 0 Å². The minimum absolute atomic E-state index is 0.0918. The maximum Gasteiger partial charge on any atom is 0.159 e. The lowest BCUT2D eigenvalue weighted by Crippen LogP contribution is -2.34. The van der Waals surface area contributed by atoms with Crippen LogP contribution in [-0.4, -0.2) is 16.2 Å². The number of amidine groups is 2. The molecule has 3 heterocycles. The molecule has 10 rings (SSSR count). The number of allylic oxidation sites excluding steroid dienone is 4. The Balaban J connectivity index is 1.05. The fourth-order valence-corrected chi connectivity index (χ4v) is 7.69. The van der Waals surface area contributed by atoms with Crippen LogP contribution in [0.1, 0.15) is 40.8 Å². The normalized spacial score (nSPS) is 17.9. The lowest BCUT2D eigenvalue weighted by Gasteiger charge is -2.26. The number of ether oxygens (including phenoxy) is 1. The van der Waals surface area contributed by atoms with E-state index in [-0.39, 0.29) is 12.1 Å². The van der Waals surface area contributed by atoms with Crippen molar-refractivity contribution in [2.45, 2.75) is 18.5 Å². The lowest BCUT2D eigenvalue weighted by molar-refractivity contribution is 0.425. The number of aromatic nitrogens is 1. The van der Waals surface area contributed by atoms with Gasteiger partial charge in [0.05, 0.1) is 11.0 Å². The highest BCUT2D eigenvalue weighted by Crippen LogP contribution is 2.49. The third-order valence-corrected chi connectivity index (χ3v) is 10.0.